The Hall–Kier alpha value is -2.70. The van der Waals surface area contributed by atoms with E-state index in [1.807, 2.05) is 6.92 Å². The van der Waals surface area contributed by atoms with Crippen molar-refractivity contribution >= 4 is 46.4 Å². The predicted octanol–water partition coefficient (Wildman–Crippen LogP) is 4.10. The summed E-state index contributed by atoms with van der Waals surface area (Å²) in [6, 6.07) is 9.95. The number of hydrogen-bond acceptors (Lipinski definition) is 5. The quantitative estimate of drug-likeness (QED) is 0.756. The molecule has 8 heteroatoms. The van der Waals surface area contributed by atoms with E-state index < -0.39 is 11.8 Å². The molecule has 0 fully saturated rings. The molecule has 0 spiro atoms. The van der Waals surface area contributed by atoms with Gasteiger partial charge in [-0.1, -0.05) is 29.3 Å². The minimum Gasteiger partial charge on any atom is -0.497 e. The van der Waals surface area contributed by atoms with Gasteiger partial charge in [0.1, 0.15) is 22.2 Å². The van der Waals surface area contributed by atoms with Crippen molar-refractivity contribution < 1.29 is 19.1 Å². The fourth-order valence-corrected chi connectivity index (χ4v) is 3.01. The molecule has 2 aromatic rings. The minimum absolute atomic E-state index is 0.0283. The van der Waals surface area contributed by atoms with E-state index in [4.69, 9.17) is 32.7 Å². The lowest BCUT2D eigenvalue weighted by molar-refractivity contribution is -0.120. The van der Waals surface area contributed by atoms with Crippen LogP contribution in [0.5, 0.6) is 11.5 Å². The highest BCUT2D eigenvalue weighted by Gasteiger charge is 2.40. The molecule has 1 N–H and O–H groups in total. The van der Waals surface area contributed by atoms with Crippen molar-refractivity contribution in [2.75, 3.05) is 24.4 Å². The highest BCUT2D eigenvalue weighted by Crippen LogP contribution is 2.37. The van der Waals surface area contributed by atoms with Gasteiger partial charge in [0, 0.05) is 16.8 Å². The molecule has 0 aliphatic carbocycles. The molecule has 0 unspecified atom stereocenters. The summed E-state index contributed by atoms with van der Waals surface area (Å²) >= 11 is 12.3. The normalized spacial score (nSPS) is 14.0. The van der Waals surface area contributed by atoms with Gasteiger partial charge in [-0.2, -0.15) is 0 Å². The lowest BCUT2D eigenvalue weighted by atomic mass is 10.2. The smallest absolute Gasteiger partial charge is 0.283 e. The molecule has 0 saturated carbocycles. The molecule has 2 aromatic carbocycles. The molecule has 2 amide bonds. The molecule has 1 aliphatic rings. The first-order chi connectivity index (χ1) is 12.9. The molecule has 140 valence electrons. The van der Waals surface area contributed by atoms with Crippen LogP contribution in [0.15, 0.2) is 47.1 Å². The molecule has 0 bridgehead atoms. The van der Waals surface area contributed by atoms with Crippen LogP contribution in [0.25, 0.3) is 0 Å². The summed E-state index contributed by atoms with van der Waals surface area (Å²) in [5.41, 5.74) is 1.67. The van der Waals surface area contributed by atoms with Crippen LogP contribution in [0.3, 0.4) is 0 Å². The highest BCUT2D eigenvalue weighted by molar-refractivity contribution is 6.53. The molecule has 1 aliphatic heterocycles. The second-order valence-electron chi connectivity index (χ2n) is 5.76. The van der Waals surface area contributed by atoms with Gasteiger partial charge in [-0.25, -0.2) is 4.90 Å². The number of carbonyl (C=O) groups is 2. The molecular weight excluding hydrogens is 391 g/mol. The third kappa shape index (κ3) is 3.46. The average Bonchev–Trinajstić information content (AvgIpc) is 2.87. The van der Waals surface area contributed by atoms with Crippen molar-refractivity contribution in [3.05, 3.63) is 57.7 Å². The van der Waals surface area contributed by atoms with Gasteiger partial charge in [0.15, 0.2) is 0 Å². The number of benzene rings is 2. The number of amides is 2. The first-order valence-corrected chi connectivity index (χ1v) is 8.66. The van der Waals surface area contributed by atoms with E-state index in [0.29, 0.717) is 22.2 Å². The summed E-state index contributed by atoms with van der Waals surface area (Å²) < 4.78 is 10.4. The molecule has 1 heterocycles. The van der Waals surface area contributed by atoms with Gasteiger partial charge < -0.3 is 14.8 Å². The standard InChI is InChI=1S/C19H16Cl2N2O4/c1-10-4-5-11(8-13(10)20)22-17-16(21)18(24)23(19(17)25)14-7-6-12(26-2)9-15(14)27-3/h4-9,22H,1-3H3. The van der Waals surface area contributed by atoms with E-state index in [1.165, 1.54) is 14.2 Å². The molecule has 0 saturated heterocycles. The Labute approximate surface area is 166 Å². The second-order valence-corrected chi connectivity index (χ2v) is 6.55. The number of hydrogen-bond donors (Lipinski definition) is 1. The summed E-state index contributed by atoms with van der Waals surface area (Å²) in [7, 11) is 2.94. The molecule has 3 rings (SSSR count). The minimum atomic E-state index is -0.647. The van der Waals surface area contributed by atoms with E-state index in [0.717, 1.165) is 10.5 Å². The Balaban J connectivity index is 1.95. The first-order valence-electron chi connectivity index (χ1n) is 7.91. The Bertz CT molecular complexity index is 972. The van der Waals surface area contributed by atoms with Crippen molar-refractivity contribution in [3.8, 4) is 11.5 Å². The number of ether oxygens (including phenoxy) is 2. The SMILES string of the molecule is COc1ccc(N2C(=O)C(Cl)=C(Nc3ccc(C)c(Cl)c3)C2=O)c(OC)c1. The van der Waals surface area contributed by atoms with Crippen LogP contribution in [-0.2, 0) is 9.59 Å². The van der Waals surface area contributed by atoms with Crippen LogP contribution in [0.1, 0.15) is 5.56 Å². The molecule has 6 nitrogen and oxygen atoms in total. The van der Waals surface area contributed by atoms with Crippen molar-refractivity contribution in [1.29, 1.82) is 0 Å². The van der Waals surface area contributed by atoms with E-state index in [2.05, 4.69) is 5.32 Å². The van der Waals surface area contributed by atoms with Gasteiger partial charge >= 0.3 is 0 Å². The fraction of sp³-hybridized carbons (Fsp3) is 0.158. The number of imide groups is 1. The maximum absolute atomic E-state index is 12.9. The lowest BCUT2D eigenvalue weighted by Gasteiger charge is -2.18. The predicted molar refractivity (Wildman–Crippen MR) is 105 cm³/mol. The summed E-state index contributed by atoms with van der Waals surface area (Å²) in [5, 5.41) is 3.20. The van der Waals surface area contributed by atoms with Crippen molar-refractivity contribution in [1.82, 2.24) is 0 Å². The highest BCUT2D eigenvalue weighted by atomic mass is 35.5. The number of anilines is 2. The second kappa shape index (κ2) is 7.50. The Morgan fingerprint density at radius 3 is 2.33 bits per heavy atom. The first kappa shape index (κ1) is 19.1. The third-order valence-corrected chi connectivity index (χ3v) is 4.85. The summed E-state index contributed by atoms with van der Waals surface area (Å²) in [6.07, 6.45) is 0. The van der Waals surface area contributed by atoms with Gasteiger partial charge in [0.25, 0.3) is 11.8 Å². The molecule has 0 atom stereocenters. The van der Waals surface area contributed by atoms with Crippen LogP contribution < -0.4 is 19.7 Å². The molecule has 0 radical (unpaired) electrons. The van der Waals surface area contributed by atoms with Crippen molar-refractivity contribution in [2.24, 2.45) is 0 Å². The zero-order chi connectivity index (χ0) is 19.7. The maximum Gasteiger partial charge on any atom is 0.283 e. The zero-order valence-corrected chi connectivity index (χ0v) is 16.3. The lowest BCUT2D eigenvalue weighted by Crippen LogP contribution is -2.32. The van der Waals surface area contributed by atoms with Gasteiger partial charge in [-0.05, 0) is 36.8 Å². The van der Waals surface area contributed by atoms with Crippen LogP contribution >= 0.6 is 23.2 Å². The number of aryl methyl sites for hydroxylation is 1. The zero-order valence-electron chi connectivity index (χ0n) is 14.8. The maximum atomic E-state index is 12.9. The van der Waals surface area contributed by atoms with Crippen LogP contribution in [-0.4, -0.2) is 26.0 Å². The Morgan fingerprint density at radius 1 is 0.963 bits per heavy atom. The molecular formula is C19H16Cl2N2O4. The van der Waals surface area contributed by atoms with Gasteiger partial charge in [-0.3, -0.25) is 9.59 Å². The number of carbonyl (C=O) groups excluding carboxylic acids is 2. The van der Waals surface area contributed by atoms with Crippen molar-refractivity contribution in [2.45, 2.75) is 6.92 Å². The third-order valence-electron chi connectivity index (χ3n) is 4.10. The monoisotopic (exact) mass is 406 g/mol. The Morgan fingerprint density at radius 2 is 1.70 bits per heavy atom. The topological polar surface area (TPSA) is 67.9 Å². The van der Waals surface area contributed by atoms with Crippen LogP contribution in [0.2, 0.25) is 5.02 Å². The number of halogens is 2. The molecule has 0 aromatic heterocycles. The number of nitrogens with one attached hydrogen (secondary N) is 1. The van der Waals surface area contributed by atoms with Crippen LogP contribution in [0.4, 0.5) is 11.4 Å². The largest absolute Gasteiger partial charge is 0.497 e. The molecule has 27 heavy (non-hydrogen) atoms. The summed E-state index contributed by atoms with van der Waals surface area (Å²) in [5.74, 6) is -0.405. The number of nitrogens with zero attached hydrogens (tertiary/aromatic N) is 1. The van der Waals surface area contributed by atoms with E-state index >= 15 is 0 Å². The summed E-state index contributed by atoms with van der Waals surface area (Å²) in [4.78, 5) is 26.5. The van der Waals surface area contributed by atoms with Gasteiger partial charge in [0.05, 0.1) is 19.9 Å². The van der Waals surface area contributed by atoms with E-state index in [9.17, 15) is 9.59 Å². The summed E-state index contributed by atoms with van der Waals surface area (Å²) in [6.45, 7) is 1.86. The number of rotatable bonds is 5. The average molecular weight is 407 g/mol. The van der Waals surface area contributed by atoms with Gasteiger partial charge in [0.2, 0.25) is 0 Å². The van der Waals surface area contributed by atoms with Crippen LogP contribution in [0, 0.1) is 6.92 Å². The fourth-order valence-electron chi connectivity index (χ4n) is 2.61. The van der Waals surface area contributed by atoms with E-state index in [-0.39, 0.29) is 16.4 Å². The van der Waals surface area contributed by atoms with Gasteiger partial charge in [-0.15, -0.1) is 0 Å². The van der Waals surface area contributed by atoms with E-state index in [1.54, 1.807) is 36.4 Å². The Kier molecular flexibility index (Phi) is 5.30. The van der Waals surface area contributed by atoms with Crippen molar-refractivity contribution in [3.63, 3.8) is 0 Å². The number of methoxy groups -OCH3 is 2.